The van der Waals surface area contributed by atoms with E-state index in [4.69, 9.17) is 0 Å². The number of nitrogens with zero attached hydrogens (tertiary/aromatic N) is 2. The number of hydrogen-bond acceptors (Lipinski definition) is 0. The molecule has 0 aliphatic carbocycles. The van der Waals surface area contributed by atoms with Gasteiger partial charge in [0.05, 0.1) is 54.4 Å². The van der Waals surface area contributed by atoms with Crippen LogP contribution >= 0.6 is 0 Å². The van der Waals surface area contributed by atoms with Crippen molar-refractivity contribution in [3.05, 3.63) is 0 Å². The monoisotopic (exact) mass is 665 g/mol. The van der Waals surface area contributed by atoms with Gasteiger partial charge in [-0.1, -0.05) is 194 Å². The van der Waals surface area contributed by atoms with Gasteiger partial charge in [0.1, 0.15) is 0 Å². The van der Waals surface area contributed by atoms with Crippen LogP contribution in [0.2, 0.25) is 0 Å². The van der Waals surface area contributed by atoms with E-state index in [1.165, 1.54) is 260 Å². The molecule has 0 aliphatic heterocycles. The van der Waals surface area contributed by atoms with E-state index >= 15 is 0 Å². The SMILES string of the molecule is CCCCCCCCCCCCCCCCCC[N+](C)(C)CCCCC[N+](C)(C)CCCCCCCCCCCCCCCCCC. The molecule has 0 bridgehead atoms. The van der Waals surface area contributed by atoms with Gasteiger partial charge in [-0.05, 0) is 44.9 Å². The Labute approximate surface area is 301 Å². The smallest absolute Gasteiger partial charge is 0.0782 e. The van der Waals surface area contributed by atoms with E-state index in [0.717, 1.165) is 0 Å². The van der Waals surface area contributed by atoms with Crippen molar-refractivity contribution in [3.8, 4) is 0 Å². The minimum absolute atomic E-state index is 1.23. The van der Waals surface area contributed by atoms with Crippen LogP contribution in [0.25, 0.3) is 0 Å². The molecular formula is C45H96N2+2. The second-order valence-corrected chi connectivity index (χ2v) is 17.4. The second-order valence-electron chi connectivity index (χ2n) is 17.4. The molecule has 0 unspecified atom stereocenters. The van der Waals surface area contributed by atoms with Crippen molar-refractivity contribution in [1.29, 1.82) is 0 Å². The molecule has 0 amide bonds. The number of rotatable bonds is 40. The van der Waals surface area contributed by atoms with Crippen LogP contribution in [0.3, 0.4) is 0 Å². The van der Waals surface area contributed by atoms with E-state index in [2.05, 4.69) is 42.0 Å². The van der Waals surface area contributed by atoms with Crippen LogP contribution < -0.4 is 0 Å². The van der Waals surface area contributed by atoms with Gasteiger partial charge in [-0.3, -0.25) is 0 Å². The summed E-state index contributed by atoms with van der Waals surface area (Å²) in [4.78, 5) is 0. The number of unbranched alkanes of at least 4 members (excludes halogenated alkanes) is 32. The average Bonchev–Trinajstić information content (AvgIpc) is 3.04. The van der Waals surface area contributed by atoms with E-state index in [-0.39, 0.29) is 0 Å². The molecule has 0 heterocycles. The van der Waals surface area contributed by atoms with E-state index in [9.17, 15) is 0 Å². The molecule has 0 fully saturated rings. The van der Waals surface area contributed by atoms with Crippen molar-refractivity contribution in [1.82, 2.24) is 0 Å². The Morgan fingerprint density at radius 2 is 0.319 bits per heavy atom. The van der Waals surface area contributed by atoms with Crippen molar-refractivity contribution in [2.24, 2.45) is 0 Å². The summed E-state index contributed by atoms with van der Waals surface area (Å²) in [6, 6.07) is 0. The number of hydrogen-bond donors (Lipinski definition) is 0. The first-order valence-electron chi connectivity index (χ1n) is 22.5. The van der Waals surface area contributed by atoms with Crippen LogP contribution in [0.5, 0.6) is 0 Å². The fourth-order valence-electron chi connectivity index (χ4n) is 7.66. The maximum Gasteiger partial charge on any atom is 0.0782 e. The normalized spacial score (nSPS) is 12.4. The summed E-state index contributed by atoms with van der Waals surface area (Å²) < 4.78 is 2.46. The molecule has 2 heteroatoms. The maximum absolute atomic E-state index is 2.47. The van der Waals surface area contributed by atoms with Gasteiger partial charge in [-0.25, -0.2) is 0 Å². The minimum atomic E-state index is 1.23. The van der Waals surface area contributed by atoms with Crippen LogP contribution in [0.15, 0.2) is 0 Å². The largest absolute Gasteiger partial charge is 0.328 e. The Morgan fingerprint density at radius 1 is 0.191 bits per heavy atom. The first kappa shape index (κ1) is 46.9. The van der Waals surface area contributed by atoms with Crippen LogP contribution in [-0.2, 0) is 0 Å². The molecule has 0 spiro atoms. The van der Waals surface area contributed by atoms with Crippen molar-refractivity contribution in [3.63, 3.8) is 0 Å². The Balaban J connectivity index is 3.46. The first-order valence-corrected chi connectivity index (χ1v) is 22.5. The summed E-state index contributed by atoms with van der Waals surface area (Å²) in [6.45, 7) is 10.1. The molecule has 2 nitrogen and oxygen atoms in total. The third-order valence-electron chi connectivity index (χ3n) is 11.3. The van der Waals surface area contributed by atoms with Crippen molar-refractivity contribution in [2.75, 3.05) is 54.4 Å². The molecule has 0 saturated heterocycles. The fraction of sp³-hybridized carbons (Fsp3) is 1.00. The van der Waals surface area contributed by atoms with Crippen LogP contribution in [-0.4, -0.2) is 63.3 Å². The molecule has 0 N–H and O–H groups in total. The lowest BCUT2D eigenvalue weighted by Crippen LogP contribution is -2.42. The van der Waals surface area contributed by atoms with Gasteiger partial charge in [0, 0.05) is 0 Å². The van der Waals surface area contributed by atoms with E-state index in [1.54, 1.807) is 0 Å². The first-order chi connectivity index (χ1) is 22.8. The molecule has 0 saturated carbocycles. The zero-order chi connectivity index (χ0) is 34.6. The molecule has 47 heavy (non-hydrogen) atoms. The van der Waals surface area contributed by atoms with Gasteiger partial charge in [0.2, 0.25) is 0 Å². The average molecular weight is 665 g/mol. The Hall–Kier alpha value is -0.0800. The second kappa shape index (κ2) is 35.7. The zero-order valence-electron chi connectivity index (χ0n) is 34.5. The van der Waals surface area contributed by atoms with Crippen molar-refractivity contribution >= 4 is 0 Å². The topological polar surface area (TPSA) is 0 Å². The predicted molar refractivity (Wildman–Crippen MR) is 217 cm³/mol. The van der Waals surface area contributed by atoms with Gasteiger partial charge >= 0.3 is 0 Å². The summed E-state index contributed by atoms with van der Waals surface area (Å²) in [5.74, 6) is 0. The van der Waals surface area contributed by atoms with Crippen LogP contribution in [0.1, 0.15) is 239 Å². The quantitative estimate of drug-likeness (QED) is 0.0452. The molecular weight excluding hydrogens is 569 g/mol. The molecule has 0 radical (unpaired) electrons. The Kier molecular flexibility index (Phi) is 35.7. The van der Waals surface area contributed by atoms with Gasteiger partial charge in [0.25, 0.3) is 0 Å². The highest BCUT2D eigenvalue weighted by Gasteiger charge is 2.16. The maximum atomic E-state index is 2.47. The number of quaternary nitrogens is 2. The lowest BCUT2D eigenvalue weighted by Gasteiger charge is -2.31. The Bertz CT molecular complexity index is 533. The van der Waals surface area contributed by atoms with E-state index in [1.807, 2.05) is 0 Å². The molecule has 0 aromatic carbocycles. The highest BCUT2D eigenvalue weighted by Crippen LogP contribution is 2.17. The molecule has 0 aromatic rings. The molecule has 0 atom stereocenters. The van der Waals surface area contributed by atoms with Crippen LogP contribution in [0.4, 0.5) is 0 Å². The molecule has 0 aromatic heterocycles. The summed E-state index contributed by atoms with van der Waals surface area (Å²) in [5, 5.41) is 0. The lowest BCUT2D eigenvalue weighted by molar-refractivity contribution is -0.892. The molecule has 0 aliphatic rings. The van der Waals surface area contributed by atoms with Crippen LogP contribution in [0, 0.1) is 0 Å². The summed E-state index contributed by atoms with van der Waals surface area (Å²) >= 11 is 0. The van der Waals surface area contributed by atoms with Gasteiger partial charge in [-0.15, -0.1) is 0 Å². The predicted octanol–water partition coefficient (Wildman–Crippen LogP) is 14.8. The van der Waals surface area contributed by atoms with Gasteiger partial charge in [-0.2, -0.15) is 0 Å². The van der Waals surface area contributed by atoms with Gasteiger partial charge in [0.15, 0.2) is 0 Å². The van der Waals surface area contributed by atoms with E-state index < -0.39 is 0 Å². The third kappa shape index (κ3) is 38.6. The fourth-order valence-corrected chi connectivity index (χ4v) is 7.66. The molecule has 0 rings (SSSR count). The lowest BCUT2D eigenvalue weighted by atomic mass is 10.0. The van der Waals surface area contributed by atoms with Crippen molar-refractivity contribution in [2.45, 2.75) is 239 Å². The minimum Gasteiger partial charge on any atom is -0.328 e. The Morgan fingerprint density at radius 3 is 0.489 bits per heavy atom. The highest BCUT2D eigenvalue weighted by molar-refractivity contribution is 4.52. The molecule has 284 valence electrons. The third-order valence-corrected chi connectivity index (χ3v) is 11.3. The zero-order valence-corrected chi connectivity index (χ0v) is 34.5. The highest BCUT2D eigenvalue weighted by atomic mass is 15.3. The summed E-state index contributed by atoms with van der Waals surface area (Å²) in [5.41, 5.74) is 0. The van der Waals surface area contributed by atoms with Gasteiger partial charge < -0.3 is 8.97 Å². The van der Waals surface area contributed by atoms with Crippen molar-refractivity contribution < 1.29 is 8.97 Å². The summed E-state index contributed by atoms with van der Waals surface area (Å²) in [7, 11) is 9.90. The van der Waals surface area contributed by atoms with E-state index in [0.29, 0.717) is 0 Å². The standard InChI is InChI=1S/C45H96N2/c1-7-9-11-13-15-17-19-21-23-25-27-29-31-33-35-38-42-46(3,4)44-40-37-41-45-47(5,6)43-39-36-34-32-30-28-26-24-22-20-18-16-14-12-10-8-2/h7-45H2,1-6H3/q+2. The summed E-state index contributed by atoms with van der Waals surface area (Å²) in [6.07, 6.45) is 51.0.